The highest BCUT2D eigenvalue weighted by molar-refractivity contribution is 7.08. The number of aryl methyl sites for hydroxylation is 1. The van der Waals surface area contributed by atoms with Crippen molar-refractivity contribution in [3.8, 4) is 0 Å². The molecule has 0 radical (unpaired) electrons. The van der Waals surface area contributed by atoms with Gasteiger partial charge in [0.25, 0.3) is 5.91 Å². The van der Waals surface area contributed by atoms with E-state index < -0.39 is 0 Å². The van der Waals surface area contributed by atoms with Gasteiger partial charge in [0.05, 0.1) is 5.69 Å². The van der Waals surface area contributed by atoms with E-state index in [-0.39, 0.29) is 5.91 Å². The van der Waals surface area contributed by atoms with Crippen LogP contribution < -0.4 is 10.6 Å². The minimum atomic E-state index is -0.0407. The van der Waals surface area contributed by atoms with Crippen LogP contribution in [0.1, 0.15) is 41.6 Å². The number of nitrogens with zero attached hydrogens (tertiary/aromatic N) is 2. The van der Waals surface area contributed by atoms with Gasteiger partial charge >= 0.3 is 0 Å². The lowest BCUT2D eigenvalue weighted by Gasteiger charge is -2.05. The first-order valence-corrected chi connectivity index (χ1v) is 6.91. The van der Waals surface area contributed by atoms with Gasteiger partial charge in [-0.3, -0.25) is 4.79 Å². The third-order valence-electron chi connectivity index (χ3n) is 2.67. The van der Waals surface area contributed by atoms with Crippen LogP contribution in [0.2, 0.25) is 0 Å². The zero-order valence-corrected chi connectivity index (χ0v) is 10.8. The van der Waals surface area contributed by atoms with Crippen molar-refractivity contribution in [1.82, 2.24) is 20.2 Å². The molecule has 17 heavy (non-hydrogen) atoms. The topological polar surface area (TPSA) is 66.9 Å². The Bertz CT molecular complexity index is 375. The summed E-state index contributed by atoms with van der Waals surface area (Å²) in [6.07, 6.45) is 4.34. The van der Waals surface area contributed by atoms with E-state index in [1.54, 1.807) is 0 Å². The van der Waals surface area contributed by atoms with Gasteiger partial charge in [-0.05, 0) is 30.8 Å². The Hall–Kier alpha value is -1.01. The predicted molar refractivity (Wildman–Crippen MR) is 67.3 cm³/mol. The van der Waals surface area contributed by atoms with E-state index in [9.17, 15) is 4.79 Å². The Morgan fingerprint density at radius 3 is 3.00 bits per heavy atom. The third kappa shape index (κ3) is 3.74. The number of carbonyl (C=O) groups is 1. The SMILES string of the molecule is CCCc1nnsc1C(=O)NCCNC1CC1. The van der Waals surface area contributed by atoms with E-state index in [4.69, 9.17) is 0 Å². The van der Waals surface area contributed by atoms with E-state index in [2.05, 4.69) is 27.1 Å². The molecule has 1 fully saturated rings. The Morgan fingerprint density at radius 2 is 2.29 bits per heavy atom. The molecule has 0 spiro atoms. The first-order valence-electron chi connectivity index (χ1n) is 6.14. The molecule has 1 aromatic rings. The zero-order valence-electron chi connectivity index (χ0n) is 10.0. The molecule has 1 saturated carbocycles. The van der Waals surface area contributed by atoms with Crippen molar-refractivity contribution in [2.45, 2.75) is 38.6 Å². The fraction of sp³-hybridized carbons (Fsp3) is 0.727. The molecular weight excluding hydrogens is 236 g/mol. The molecule has 0 atom stereocenters. The van der Waals surface area contributed by atoms with Crippen LogP contribution in [-0.4, -0.2) is 34.6 Å². The fourth-order valence-corrected chi connectivity index (χ4v) is 2.23. The Morgan fingerprint density at radius 1 is 1.47 bits per heavy atom. The second-order valence-electron chi connectivity index (χ2n) is 4.28. The highest BCUT2D eigenvalue weighted by Crippen LogP contribution is 2.17. The molecule has 6 heteroatoms. The van der Waals surface area contributed by atoms with E-state index >= 15 is 0 Å². The second kappa shape index (κ2) is 6.07. The van der Waals surface area contributed by atoms with Gasteiger partial charge in [0, 0.05) is 19.1 Å². The molecule has 2 N–H and O–H groups in total. The number of nitrogens with one attached hydrogen (secondary N) is 2. The van der Waals surface area contributed by atoms with E-state index in [0.717, 1.165) is 25.1 Å². The van der Waals surface area contributed by atoms with Gasteiger partial charge in [-0.2, -0.15) is 0 Å². The predicted octanol–water partition coefficient (Wildman–Crippen LogP) is 0.972. The summed E-state index contributed by atoms with van der Waals surface area (Å²) in [6.45, 7) is 3.57. The van der Waals surface area contributed by atoms with Crippen LogP contribution in [-0.2, 0) is 6.42 Å². The Balaban J connectivity index is 1.74. The molecule has 94 valence electrons. The molecule has 2 rings (SSSR count). The number of hydrogen-bond acceptors (Lipinski definition) is 5. The van der Waals surface area contributed by atoms with E-state index in [1.807, 2.05) is 0 Å². The summed E-state index contributed by atoms with van der Waals surface area (Å²) in [4.78, 5) is 12.5. The zero-order chi connectivity index (χ0) is 12.1. The average Bonchev–Trinajstić information content (AvgIpc) is 3.03. The summed E-state index contributed by atoms with van der Waals surface area (Å²) in [5.41, 5.74) is 0.824. The highest BCUT2D eigenvalue weighted by Gasteiger charge is 2.20. The normalized spacial score (nSPS) is 14.9. The summed E-state index contributed by atoms with van der Waals surface area (Å²) in [7, 11) is 0. The van der Waals surface area contributed by atoms with Crippen LogP contribution in [0.15, 0.2) is 0 Å². The van der Waals surface area contributed by atoms with Crippen molar-refractivity contribution in [2.24, 2.45) is 0 Å². The third-order valence-corrected chi connectivity index (χ3v) is 3.44. The first-order chi connectivity index (χ1) is 8.31. The molecule has 1 amide bonds. The molecule has 1 heterocycles. The maximum absolute atomic E-state index is 11.9. The van der Waals surface area contributed by atoms with E-state index in [0.29, 0.717) is 17.5 Å². The van der Waals surface area contributed by atoms with Crippen LogP contribution in [0.4, 0.5) is 0 Å². The summed E-state index contributed by atoms with van der Waals surface area (Å²) in [5, 5.41) is 10.2. The van der Waals surface area contributed by atoms with Gasteiger partial charge in [-0.25, -0.2) is 0 Å². The lowest BCUT2D eigenvalue weighted by Crippen LogP contribution is -2.32. The quantitative estimate of drug-likeness (QED) is 0.712. The first kappa shape index (κ1) is 12.4. The maximum Gasteiger partial charge on any atom is 0.264 e. The van der Waals surface area contributed by atoms with Crippen LogP contribution >= 0.6 is 11.5 Å². The van der Waals surface area contributed by atoms with Crippen molar-refractivity contribution in [3.63, 3.8) is 0 Å². The van der Waals surface area contributed by atoms with Crippen LogP contribution in [0.3, 0.4) is 0 Å². The highest BCUT2D eigenvalue weighted by atomic mass is 32.1. The molecule has 0 aliphatic heterocycles. The van der Waals surface area contributed by atoms with Crippen LogP contribution in [0.5, 0.6) is 0 Å². The van der Waals surface area contributed by atoms with Crippen molar-refractivity contribution in [3.05, 3.63) is 10.6 Å². The summed E-state index contributed by atoms with van der Waals surface area (Å²) >= 11 is 1.18. The molecular formula is C11H18N4OS. The number of aromatic nitrogens is 2. The van der Waals surface area contributed by atoms with Crippen molar-refractivity contribution >= 4 is 17.4 Å². The molecule has 0 bridgehead atoms. The van der Waals surface area contributed by atoms with Gasteiger partial charge in [0.2, 0.25) is 0 Å². The van der Waals surface area contributed by atoms with Crippen molar-refractivity contribution in [1.29, 1.82) is 0 Å². The molecule has 0 saturated heterocycles. The summed E-state index contributed by atoms with van der Waals surface area (Å²) in [5.74, 6) is -0.0407. The summed E-state index contributed by atoms with van der Waals surface area (Å²) < 4.78 is 3.84. The number of carbonyl (C=O) groups excluding carboxylic acids is 1. The molecule has 1 aliphatic rings. The lowest BCUT2D eigenvalue weighted by atomic mass is 10.2. The fourth-order valence-electron chi connectivity index (χ4n) is 1.60. The Labute approximate surface area is 105 Å². The van der Waals surface area contributed by atoms with Gasteiger partial charge < -0.3 is 10.6 Å². The molecule has 5 nitrogen and oxygen atoms in total. The standard InChI is InChI=1S/C11H18N4OS/c1-2-3-9-10(17-15-14-9)11(16)13-7-6-12-8-4-5-8/h8,12H,2-7H2,1H3,(H,13,16). The second-order valence-corrected chi connectivity index (χ2v) is 5.04. The monoisotopic (exact) mass is 254 g/mol. The van der Waals surface area contributed by atoms with Gasteiger partial charge in [0.1, 0.15) is 4.88 Å². The minimum Gasteiger partial charge on any atom is -0.350 e. The molecule has 0 unspecified atom stereocenters. The number of amides is 1. The van der Waals surface area contributed by atoms with Gasteiger partial charge in [0.15, 0.2) is 0 Å². The maximum atomic E-state index is 11.9. The van der Waals surface area contributed by atoms with E-state index in [1.165, 1.54) is 24.4 Å². The Kier molecular flexibility index (Phi) is 4.44. The van der Waals surface area contributed by atoms with Gasteiger partial charge in [-0.1, -0.05) is 17.8 Å². The minimum absolute atomic E-state index is 0.0407. The number of hydrogen-bond donors (Lipinski definition) is 2. The smallest absolute Gasteiger partial charge is 0.264 e. The van der Waals surface area contributed by atoms with Gasteiger partial charge in [-0.15, -0.1) is 5.10 Å². The average molecular weight is 254 g/mol. The van der Waals surface area contributed by atoms with Crippen molar-refractivity contribution in [2.75, 3.05) is 13.1 Å². The molecule has 0 aromatic carbocycles. The van der Waals surface area contributed by atoms with Crippen molar-refractivity contribution < 1.29 is 4.79 Å². The number of rotatable bonds is 7. The molecule has 1 aliphatic carbocycles. The van der Waals surface area contributed by atoms with Crippen LogP contribution in [0.25, 0.3) is 0 Å². The lowest BCUT2D eigenvalue weighted by molar-refractivity contribution is 0.0957. The summed E-state index contributed by atoms with van der Waals surface area (Å²) in [6, 6.07) is 0.688. The molecule has 1 aromatic heterocycles. The largest absolute Gasteiger partial charge is 0.350 e. The van der Waals surface area contributed by atoms with Crippen LogP contribution in [0, 0.1) is 0 Å².